The molecule has 0 amide bonds. The molecule has 2 aliphatic rings. The fourth-order valence-electron chi connectivity index (χ4n) is 2.55. The van der Waals surface area contributed by atoms with E-state index >= 15 is 0 Å². The van der Waals surface area contributed by atoms with E-state index in [2.05, 4.69) is 25.7 Å². The number of nitrogens with zero attached hydrogens (tertiary/aromatic N) is 1. The quantitative estimate of drug-likeness (QED) is 0.673. The zero-order valence-corrected chi connectivity index (χ0v) is 9.75. The van der Waals surface area contributed by atoms with Gasteiger partial charge in [-0.05, 0) is 32.6 Å². The molecule has 1 spiro atoms. The van der Waals surface area contributed by atoms with Crippen molar-refractivity contribution in [2.45, 2.75) is 51.7 Å². The Bertz CT molecular complexity index is 186. The first-order chi connectivity index (χ1) is 6.65. The Balaban J connectivity index is 1.80. The van der Waals surface area contributed by atoms with Crippen LogP contribution in [0.4, 0.5) is 0 Å². The van der Waals surface area contributed by atoms with Gasteiger partial charge in [-0.1, -0.05) is 13.3 Å². The Labute approximate surface area is 87.6 Å². The zero-order chi connectivity index (χ0) is 10.2. The summed E-state index contributed by atoms with van der Waals surface area (Å²) in [5.74, 6) is 0.828. The number of likely N-dealkylation sites (tertiary alicyclic amines) is 1. The van der Waals surface area contributed by atoms with Gasteiger partial charge in [-0.25, -0.2) is 0 Å². The summed E-state index contributed by atoms with van der Waals surface area (Å²) in [7, 11) is 0. The molecule has 0 N–H and O–H groups in total. The topological polar surface area (TPSA) is 12.5 Å². The van der Waals surface area contributed by atoms with E-state index < -0.39 is 0 Å². The first kappa shape index (κ1) is 10.4. The van der Waals surface area contributed by atoms with E-state index in [4.69, 9.17) is 4.74 Å². The summed E-state index contributed by atoms with van der Waals surface area (Å²) in [4.78, 5) is 2.51. The number of rotatable bonds is 2. The average molecular weight is 197 g/mol. The lowest BCUT2D eigenvalue weighted by Gasteiger charge is -2.54. The first-order valence-electron chi connectivity index (χ1n) is 6.03. The van der Waals surface area contributed by atoms with E-state index in [-0.39, 0.29) is 5.60 Å². The lowest BCUT2D eigenvalue weighted by Crippen LogP contribution is -2.66. The Hall–Kier alpha value is -0.0800. The van der Waals surface area contributed by atoms with Crippen LogP contribution in [0.5, 0.6) is 0 Å². The Morgan fingerprint density at radius 3 is 2.57 bits per heavy atom. The van der Waals surface area contributed by atoms with E-state index in [1.54, 1.807) is 0 Å². The van der Waals surface area contributed by atoms with Gasteiger partial charge < -0.3 is 4.74 Å². The van der Waals surface area contributed by atoms with Gasteiger partial charge in [0.2, 0.25) is 0 Å². The summed E-state index contributed by atoms with van der Waals surface area (Å²) in [6.45, 7) is 10.1. The monoisotopic (exact) mass is 197 g/mol. The summed E-state index contributed by atoms with van der Waals surface area (Å²) < 4.78 is 6.04. The number of hydrogen-bond acceptors (Lipinski definition) is 2. The van der Waals surface area contributed by atoms with E-state index in [1.165, 1.54) is 32.4 Å². The SMILES string of the molecule is CCC1CCC2(CN(C(C)C)C2)OC1. The van der Waals surface area contributed by atoms with E-state index in [0.717, 1.165) is 12.5 Å². The van der Waals surface area contributed by atoms with Gasteiger partial charge in [0.05, 0.1) is 12.2 Å². The summed E-state index contributed by atoms with van der Waals surface area (Å²) in [6.07, 6.45) is 3.95. The maximum Gasteiger partial charge on any atom is 0.0935 e. The van der Waals surface area contributed by atoms with Gasteiger partial charge in [0.15, 0.2) is 0 Å². The minimum Gasteiger partial charge on any atom is -0.372 e. The van der Waals surface area contributed by atoms with Crippen molar-refractivity contribution in [3.8, 4) is 0 Å². The van der Waals surface area contributed by atoms with Crippen LogP contribution in [0.3, 0.4) is 0 Å². The van der Waals surface area contributed by atoms with E-state index in [1.807, 2.05) is 0 Å². The molecule has 14 heavy (non-hydrogen) atoms. The molecule has 0 radical (unpaired) electrons. The molecule has 2 fully saturated rings. The zero-order valence-electron chi connectivity index (χ0n) is 9.75. The van der Waals surface area contributed by atoms with E-state index in [9.17, 15) is 0 Å². The second-order valence-corrected chi connectivity index (χ2v) is 5.31. The van der Waals surface area contributed by atoms with Crippen LogP contribution in [-0.2, 0) is 4.74 Å². The van der Waals surface area contributed by atoms with Crippen molar-refractivity contribution in [2.24, 2.45) is 5.92 Å². The summed E-state index contributed by atoms with van der Waals surface area (Å²) in [5, 5.41) is 0. The van der Waals surface area contributed by atoms with E-state index in [0.29, 0.717) is 6.04 Å². The largest absolute Gasteiger partial charge is 0.372 e. The van der Waals surface area contributed by atoms with Crippen molar-refractivity contribution >= 4 is 0 Å². The van der Waals surface area contributed by atoms with Gasteiger partial charge >= 0.3 is 0 Å². The first-order valence-corrected chi connectivity index (χ1v) is 6.03. The third-order valence-electron chi connectivity index (χ3n) is 3.92. The lowest BCUT2D eigenvalue weighted by atomic mass is 9.82. The Kier molecular flexibility index (Phi) is 2.85. The normalized spacial score (nSPS) is 32.1. The maximum absolute atomic E-state index is 6.04. The van der Waals surface area contributed by atoms with Gasteiger partial charge in [0.25, 0.3) is 0 Å². The average Bonchev–Trinajstić information content (AvgIpc) is 2.14. The van der Waals surface area contributed by atoms with Crippen LogP contribution < -0.4 is 0 Å². The minimum atomic E-state index is 0.260. The molecule has 0 aromatic heterocycles. The highest BCUT2D eigenvalue weighted by atomic mass is 16.5. The molecule has 82 valence electrons. The molecule has 2 aliphatic heterocycles. The van der Waals surface area contributed by atoms with Crippen molar-refractivity contribution in [3.05, 3.63) is 0 Å². The fraction of sp³-hybridized carbons (Fsp3) is 1.00. The highest BCUT2D eigenvalue weighted by Gasteiger charge is 2.46. The van der Waals surface area contributed by atoms with Crippen LogP contribution in [0.2, 0.25) is 0 Å². The van der Waals surface area contributed by atoms with Crippen molar-refractivity contribution in [1.82, 2.24) is 4.90 Å². The summed E-state index contributed by atoms with van der Waals surface area (Å²) in [6, 6.07) is 0.688. The van der Waals surface area contributed by atoms with Crippen molar-refractivity contribution in [3.63, 3.8) is 0 Å². The van der Waals surface area contributed by atoms with Crippen LogP contribution in [-0.4, -0.2) is 36.2 Å². The molecular weight excluding hydrogens is 174 g/mol. The van der Waals surface area contributed by atoms with Gasteiger partial charge in [-0.2, -0.15) is 0 Å². The molecule has 0 bridgehead atoms. The van der Waals surface area contributed by atoms with Crippen molar-refractivity contribution in [1.29, 1.82) is 0 Å². The molecule has 0 aliphatic carbocycles. The smallest absolute Gasteiger partial charge is 0.0935 e. The van der Waals surface area contributed by atoms with Crippen LogP contribution in [0, 0.1) is 5.92 Å². The maximum atomic E-state index is 6.04. The van der Waals surface area contributed by atoms with Crippen LogP contribution in [0.25, 0.3) is 0 Å². The minimum absolute atomic E-state index is 0.260. The molecule has 2 heterocycles. The lowest BCUT2D eigenvalue weighted by molar-refractivity contribution is -0.186. The predicted molar refractivity (Wildman–Crippen MR) is 58.4 cm³/mol. The molecular formula is C12H23NO. The molecule has 1 unspecified atom stereocenters. The van der Waals surface area contributed by atoms with Gasteiger partial charge in [-0.15, -0.1) is 0 Å². The molecule has 2 nitrogen and oxygen atoms in total. The Morgan fingerprint density at radius 2 is 2.14 bits per heavy atom. The van der Waals surface area contributed by atoms with Crippen LogP contribution in [0.15, 0.2) is 0 Å². The van der Waals surface area contributed by atoms with Crippen molar-refractivity contribution in [2.75, 3.05) is 19.7 Å². The Morgan fingerprint density at radius 1 is 1.43 bits per heavy atom. The molecule has 1 atom stereocenters. The standard InChI is InChI=1S/C12H23NO/c1-4-11-5-6-12(14-7-11)8-13(9-12)10(2)3/h10-11H,4-9H2,1-3H3. The van der Waals surface area contributed by atoms with Gasteiger partial charge in [0.1, 0.15) is 0 Å². The second-order valence-electron chi connectivity index (χ2n) is 5.31. The second kappa shape index (κ2) is 3.82. The van der Waals surface area contributed by atoms with Crippen molar-refractivity contribution < 1.29 is 4.74 Å². The summed E-state index contributed by atoms with van der Waals surface area (Å²) in [5.41, 5.74) is 0.260. The molecule has 2 heteroatoms. The highest BCUT2D eigenvalue weighted by Crippen LogP contribution is 2.37. The number of hydrogen-bond donors (Lipinski definition) is 0. The molecule has 0 aromatic rings. The van der Waals surface area contributed by atoms with Crippen LogP contribution >= 0.6 is 0 Å². The molecule has 2 saturated heterocycles. The molecule has 2 rings (SSSR count). The third kappa shape index (κ3) is 1.82. The predicted octanol–water partition coefficient (Wildman–Crippen LogP) is 2.29. The van der Waals surface area contributed by atoms with Gasteiger partial charge in [-0.3, -0.25) is 4.90 Å². The third-order valence-corrected chi connectivity index (χ3v) is 3.92. The summed E-state index contributed by atoms with van der Waals surface area (Å²) >= 11 is 0. The molecule has 0 saturated carbocycles. The van der Waals surface area contributed by atoms with Crippen LogP contribution in [0.1, 0.15) is 40.0 Å². The van der Waals surface area contributed by atoms with Gasteiger partial charge in [0, 0.05) is 19.1 Å². The highest BCUT2D eigenvalue weighted by molar-refractivity contribution is 5.00. The number of ether oxygens (including phenoxy) is 1. The fourth-order valence-corrected chi connectivity index (χ4v) is 2.55. The molecule has 0 aromatic carbocycles.